The average molecular weight is 554 g/mol. The quantitative estimate of drug-likeness (QED) is 0.189. The Balaban J connectivity index is 1.76. The molecule has 3 aromatic carbocycles. The lowest BCUT2D eigenvalue weighted by Gasteiger charge is -2.14. The number of halogens is 2. The third kappa shape index (κ3) is 7.32. The number of phenolic OH excluding ortho intramolecular Hbond substituents is 1. The van der Waals surface area contributed by atoms with Crippen molar-refractivity contribution in [3.8, 4) is 23.3 Å². The van der Waals surface area contributed by atoms with Crippen LogP contribution in [0.5, 0.6) is 17.2 Å². The van der Waals surface area contributed by atoms with Crippen LogP contribution in [0.15, 0.2) is 70.7 Å². The summed E-state index contributed by atoms with van der Waals surface area (Å²) in [4.78, 5) is 24.8. The van der Waals surface area contributed by atoms with Gasteiger partial charge in [0.15, 0.2) is 18.1 Å². The van der Waals surface area contributed by atoms with Crippen molar-refractivity contribution in [1.82, 2.24) is 0 Å². The Morgan fingerprint density at radius 2 is 1.64 bits per heavy atom. The van der Waals surface area contributed by atoms with Crippen molar-refractivity contribution in [2.75, 3.05) is 23.8 Å². The van der Waals surface area contributed by atoms with Gasteiger partial charge < -0.3 is 25.2 Å². The number of rotatable bonds is 9. The molecule has 10 heteroatoms. The van der Waals surface area contributed by atoms with Crippen molar-refractivity contribution in [3.05, 3.63) is 82.1 Å². The van der Waals surface area contributed by atoms with Gasteiger partial charge in [-0.05, 0) is 79.2 Å². The first-order chi connectivity index (χ1) is 17.3. The normalized spacial score (nSPS) is 10.8. The summed E-state index contributed by atoms with van der Waals surface area (Å²) >= 11 is 3.40. The molecule has 0 unspecified atom stereocenters. The number of anilines is 2. The highest BCUT2D eigenvalue weighted by atomic mass is 79.9. The van der Waals surface area contributed by atoms with Crippen molar-refractivity contribution in [3.63, 3.8) is 0 Å². The van der Waals surface area contributed by atoms with Crippen LogP contribution in [0.4, 0.5) is 15.8 Å². The van der Waals surface area contributed by atoms with Gasteiger partial charge in [0, 0.05) is 15.8 Å². The molecule has 36 heavy (non-hydrogen) atoms. The summed E-state index contributed by atoms with van der Waals surface area (Å²) in [6.07, 6.45) is 1.38. The average Bonchev–Trinajstić information content (AvgIpc) is 2.86. The Bertz CT molecular complexity index is 1320. The van der Waals surface area contributed by atoms with Crippen LogP contribution in [0.25, 0.3) is 6.08 Å². The third-order valence-electron chi connectivity index (χ3n) is 4.64. The van der Waals surface area contributed by atoms with E-state index in [4.69, 9.17) is 9.47 Å². The number of aromatic hydroxyl groups is 1. The van der Waals surface area contributed by atoms with E-state index in [1.165, 1.54) is 54.6 Å². The smallest absolute Gasteiger partial charge is 0.266 e. The number of hydrogen-bond acceptors (Lipinski definition) is 6. The molecule has 0 radical (unpaired) electrons. The van der Waals surface area contributed by atoms with E-state index < -0.39 is 17.6 Å². The molecule has 8 nitrogen and oxygen atoms in total. The van der Waals surface area contributed by atoms with Crippen LogP contribution in [-0.4, -0.2) is 30.1 Å². The summed E-state index contributed by atoms with van der Waals surface area (Å²) in [7, 11) is 0. The molecule has 184 valence electrons. The number of amides is 2. The van der Waals surface area contributed by atoms with Gasteiger partial charge in [0.25, 0.3) is 11.8 Å². The van der Waals surface area contributed by atoms with Crippen LogP contribution >= 0.6 is 15.9 Å². The van der Waals surface area contributed by atoms with E-state index in [2.05, 4.69) is 26.6 Å². The van der Waals surface area contributed by atoms with Gasteiger partial charge in [-0.25, -0.2) is 4.39 Å². The van der Waals surface area contributed by atoms with Crippen LogP contribution in [0.3, 0.4) is 0 Å². The number of nitrogens with zero attached hydrogens (tertiary/aromatic N) is 1. The number of hydrogen-bond donors (Lipinski definition) is 3. The van der Waals surface area contributed by atoms with E-state index in [1.807, 2.05) is 6.07 Å². The highest BCUT2D eigenvalue weighted by Gasteiger charge is 2.15. The number of nitrogens with one attached hydrogen (secondary N) is 2. The molecule has 0 bridgehead atoms. The molecule has 0 atom stereocenters. The zero-order chi connectivity index (χ0) is 26.1. The minimum absolute atomic E-state index is 0.0478. The molecule has 0 saturated carbocycles. The lowest BCUT2D eigenvalue weighted by Crippen LogP contribution is -2.20. The fraction of sp³-hybridized carbons (Fsp3) is 0.115. The van der Waals surface area contributed by atoms with Gasteiger partial charge in [-0.3, -0.25) is 9.59 Å². The zero-order valence-corrected chi connectivity index (χ0v) is 20.6. The van der Waals surface area contributed by atoms with Crippen molar-refractivity contribution >= 4 is 45.2 Å². The van der Waals surface area contributed by atoms with Gasteiger partial charge in [-0.15, -0.1) is 0 Å². The van der Waals surface area contributed by atoms with Crippen LogP contribution in [0.2, 0.25) is 0 Å². The van der Waals surface area contributed by atoms with E-state index in [0.29, 0.717) is 33.8 Å². The molecule has 0 heterocycles. The lowest BCUT2D eigenvalue weighted by atomic mass is 10.1. The summed E-state index contributed by atoms with van der Waals surface area (Å²) in [5.74, 6) is -0.888. The van der Waals surface area contributed by atoms with Crippen molar-refractivity contribution < 1.29 is 28.6 Å². The third-order valence-corrected chi connectivity index (χ3v) is 5.33. The number of carbonyl (C=O) groups is 2. The molecule has 3 N–H and O–H groups in total. The molecule has 0 aliphatic heterocycles. The molecule has 0 aliphatic rings. The monoisotopic (exact) mass is 553 g/mol. The highest BCUT2D eigenvalue weighted by Crippen LogP contribution is 2.35. The zero-order valence-electron chi connectivity index (χ0n) is 19.0. The molecule has 0 saturated heterocycles. The van der Waals surface area contributed by atoms with Crippen molar-refractivity contribution in [2.24, 2.45) is 0 Å². The standard InChI is InChI=1S/C26H21BrFN3O5/c1-2-35-23-12-16(11-17(14-29)26(34)31-20-7-9-21(32)10-8-20)22(27)13-24(23)36-15-25(33)30-19-5-3-18(28)4-6-19/h3-13,32H,2,15H2,1H3,(H,30,33)(H,31,34)/b17-11-. The predicted molar refractivity (Wildman–Crippen MR) is 136 cm³/mol. The second-order valence-corrected chi connectivity index (χ2v) is 8.12. The second kappa shape index (κ2) is 12.4. The first kappa shape index (κ1) is 26.2. The number of phenols is 1. The van der Waals surface area contributed by atoms with E-state index in [9.17, 15) is 24.3 Å². The molecular formula is C26H21BrFN3O5. The van der Waals surface area contributed by atoms with Crippen LogP contribution in [0, 0.1) is 17.1 Å². The molecule has 3 aromatic rings. The minimum atomic E-state index is -0.633. The van der Waals surface area contributed by atoms with Crippen LogP contribution in [0.1, 0.15) is 12.5 Å². The van der Waals surface area contributed by atoms with Crippen LogP contribution in [-0.2, 0) is 9.59 Å². The SMILES string of the molecule is CCOc1cc(/C=C(/C#N)C(=O)Nc2ccc(O)cc2)c(Br)cc1OCC(=O)Nc1ccc(F)cc1. The van der Waals surface area contributed by atoms with E-state index in [0.717, 1.165) is 0 Å². The Kier molecular flexibility index (Phi) is 9.02. The second-order valence-electron chi connectivity index (χ2n) is 7.27. The summed E-state index contributed by atoms with van der Waals surface area (Å²) in [5.41, 5.74) is 1.14. The lowest BCUT2D eigenvalue weighted by molar-refractivity contribution is -0.118. The van der Waals surface area contributed by atoms with Gasteiger partial charge >= 0.3 is 0 Å². The molecule has 0 aromatic heterocycles. The molecule has 0 spiro atoms. The van der Waals surface area contributed by atoms with Crippen molar-refractivity contribution in [1.29, 1.82) is 5.26 Å². The molecule has 3 rings (SSSR count). The summed E-state index contributed by atoms with van der Waals surface area (Å²) in [6.45, 7) is 1.74. The Hall–Kier alpha value is -4.36. The van der Waals surface area contributed by atoms with Gasteiger partial charge in [-0.2, -0.15) is 5.26 Å². The first-order valence-corrected chi connectivity index (χ1v) is 11.4. The topological polar surface area (TPSA) is 121 Å². The number of carbonyl (C=O) groups excluding carboxylic acids is 2. The summed E-state index contributed by atoms with van der Waals surface area (Å²) < 4.78 is 24.8. The maximum atomic E-state index is 13.0. The minimum Gasteiger partial charge on any atom is -0.508 e. The van der Waals surface area contributed by atoms with Gasteiger partial charge in [0.05, 0.1) is 6.61 Å². The Labute approximate surface area is 215 Å². The highest BCUT2D eigenvalue weighted by molar-refractivity contribution is 9.10. The van der Waals surface area contributed by atoms with Gasteiger partial charge in [-0.1, -0.05) is 15.9 Å². The predicted octanol–water partition coefficient (Wildman–Crippen LogP) is 5.26. The molecule has 2 amide bonds. The van der Waals surface area contributed by atoms with E-state index in [-0.39, 0.29) is 23.7 Å². The maximum Gasteiger partial charge on any atom is 0.266 e. The van der Waals surface area contributed by atoms with Crippen molar-refractivity contribution in [2.45, 2.75) is 6.92 Å². The Morgan fingerprint density at radius 1 is 1.03 bits per heavy atom. The first-order valence-electron chi connectivity index (χ1n) is 10.7. The maximum absolute atomic E-state index is 13.0. The molecule has 0 fully saturated rings. The summed E-state index contributed by atoms with van der Waals surface area (Å²) in [6, 6.07) is 16.2. The largest absolute Gasteiger partial charge is 0.508 e. The molecular weight excluding hydrogens is 533 g/mol. The van der Waals surface area contributed by atoms with Gasteiger partial charge in [0.1, 0.15) is 23.2 Å². The van der Waals surface area contributed by atoms with Crippen LogP contribution < -0.4 is 20.1 Å². The number of ether oxygens (including phenoxy) is 2. The molecule has 0 aliphatic carbocycles. The van der Waals surface area contributed by atoms with Gasteiger partial charge in [0.2, 0.25) is 0 Å². The number of nitriles is 1. The Morgan fingerprint density at radius 3 is 2.28 bits per heavy atom. The fourth-order valence-corrected chi connectivity index (χ4v) is 3.40. The van der Waals surface area contributed by atoms with E-state index >= 15 is 0 Å². The summed E-state index contributed by atoms with van der Waals surface area (Å²) in [5, 5.41) is 24.1. The number of benzene rings is 3. The van der Waals surface area contributed by atoms with E-state index in [1.54, 1.807) is 19.1 Å². The fourth-order valence-electron chi connectivity index (χ4n) is 2.96.